The monoisotopic (exact) mass is 457 g/mol. The second-order valence-electron chi connectivity index (χ2n) is 7.43. The zero-order chi connectivity index (χ0) is 22.8. The van der Waals surface area contributed by atoms with Gasteiger partial charge in [0.15, 0.2) is 0 Å². The molecule has 0 aliphatic carbocycles. The minimum atomic E-state index is -0.352. The fraction of sp³-hybridized carbons (Fsp3) is 0.0800. The van der Waals surface area contributed by atoms with Crippen molar-refractivity contribution < 1.29 is 9.53 Å². The van der Waals surface area contributed by atoms with Gasteiger partial charge < -0.3 is 10.1 Å². The van der Waals surface area contributed by atoms with Gasteiger partial charge >= 0.3 is 0 Å². The van der Waals surface area contributed by atoms with Crippen LogP contribution in [0.5, 0.6) is 5.75 Å². The highest BCUT2D eigenvalue weighted by Gasteiger charge is 2.26. The second-order valence-corrected chi connectivity index (χ2v) is 7.86. The van der Waals surface area contributed by atoms with E-state index in [1.165, 1.54) is 7.11 Å². The van der Waals surface area contributed by atoms with Crippen LogP contribution in [-0.2, 0) is 0 Å². The van der Waals surface area contributed by atoms with Crippen molar-refractivity contribution in [2.45, 2.75) is 6.04 Å². The van der Waals surface area contributed by atoms with Crippen LogP contribution < -0.4 is 15.4 Å². The fourth-order valence-electron chi connectivity index (χ4n) is 3.73. The Labute approximate surface area is 195 Å². The van der Waals surface area contributed by atoms with E-state index in [2.05, 4.69) is 26.8 Å². The highest BCUT2D eigenvalue weighted by atomic mass is 35.5. The van der Waals surface area contributed by atoms with Crippen molar-refractivity contribution in [3.63, 3.8) is 0 Å². The molecule has 0 radical (unpaired) electrons. The number of rotatable bonds is 5. The molecule has 0 bridgehead atoms. The summed E-state index contributed by atoms with van der Waals surface area (Å²) in [5.74, 6) is 0.834. The van der Waals surface area contributed by atoms with Crippen LogP contribution >= 0.6 is 11.6 Å². The number of amides is 1. The van der Waals surface area contributed by atoms with Gasteiger partial charge in [0.1, 0.15) is 11.8 Å². The first kappa shape index (κ1) is 20.8. The summed E-state index contributed by atoms with van der Waals surface area (Å²) in [5.41, 5.74) is 3.31. The molecular weight excluding hydrogens is 438 g/mol. The summed E-state index contributed by atoms with van der Waals surface area (Å²) < 4.78 is 7.04. The van der Waals surface area contributed by atoms with Crippen LogP contribution in [0, 0.1) is 0 Å². The number of carbonyl (C=O) groups excluding carboxylic acids is 1. The standard InChI is InChI=1S/C25H20ClN5O2/c1-33-22-10-6-5-9-19(22)23(32)28-24-29-25-27-20(16-7-3-2-4-8-16)15-21(31(25)30-24)17-11-13-18(26)14-12-17/h2-15,21H,1H3,(H2,27,28,29,30,32). The fourth-order valence-corrected chi connectivity index (χ4v) is 3.86. The highest BCUT2D eigenvalue weighted by molar-refractivity contribution is 6.30. The van der Waals surface area contributed by atoms with Crippen molar-refractivity contribution in [2.75, 3.05) is 17.7 Å². The second kappa shape index (κ2) is 8.80. The molecule has 0 saturated heterocycles. The van der Waals surface area contributed by atoms with E-state index in [1.54, 1.807) is 28.9 Å². The number of ether oxygens (including phenoxy) is 1. The lowest BCUT2D eigenvalue weighted by Gasteiger charge is -2.24. The van der Waals surface area contributed by atoms with Crippen LogP contribution in [0.2, 0.25) is 5.02 Å². The molecule has 2 heterocycles. The molecule has 0 saturated carbocycles. The number of para-hydroxylation sites is 1. The lowest BCUT2D eigenvalue weighted by atomic mass is 10.0. The molecule has 8 heteroatoms. The Kier molecular flexibility index (Phi) is 5.54. The zero-order valence-electron chi connectivity index (χ0n) is 17.7. The van der Waals surface area contributed by atoms with E-state index in [0.29, 0.717) is 22.3 Å². The van der Waals surface area contributed by atoms with E-state index in [1.807, 2.05) is 54.6 Å². The predicted molar refractivity (Wildman–Crippen MR) is 129 cm³/mol. The van der Waals surface area contributed by atoms with Crippen LogP contribution in [0.25, 0.3) is 5.70 Å². The van der Waals surface area contributed by atoms with E-state index in [-0.39, 0.29) is 17.9 Å². The van der Waals surface area contributed by atoms with Gasteiger partial charge in [-0.3, -0.25) is 10.1 Å². The first-order valence-electron chi connectivity index (χ1n) is 10.3. The van der Waals surface area contributed by atoms with Gasteiger partial charge in [0, 0.05) is 10.7 Å². The zero-order valence-corrected chi connectivity index (χ0v) is 18.5. The van der Waals surface area contributed by atoms with Gasteiger partial charge in [0.05, 0.1) is 12.7 Å². The van der Waals surface area contributed by atoms with E-state index in [9.17, 15) is 4.79 Å². The van der Waals surface area contributed by atoms with Crippen molar-refractivity contribution in [3.8, 4) is 5.75 Å². The molecule has 1 aliphatic heterocycles. The van der Waals surface area contributed by atoms with Crippen molar-refractivity contribution in [2.24, 2.45) is 0 Å². The van der Waals surface area contributed by atoms with E-state index >= 15 is 0 Å². The van der Waals surface area contributed by atoms with Crippen molar-refractivity contribution >= 4 is 35.1 Å². The van der Waals surface area contributed by atoms with Gasteiger partial charge in [-0.05, 0) is 41.5 Å². The molecule has 2 N–H and O–H groups in total. The molecule has 33 heavy (non-hydrogen) atoms. The molecule has 5 rings (SSSR count). The molecule has 164 valence electrons. The third-order valence-corrected chi connectivity index (χ3v) is 5.59. The Bertz CT molecular complexity index is 1330. The van der Waals surface area contributed by atoms with Gasteiger partial charge in [-0.1, -0.05) is 66.2 Å². The number of nitrogens with one attached hydrogen (secondary N) is 2. The molecule has 0 spiro atoms. The van der Waals surface area contributed by atoms with Crippen LogP contribution in [0.4, 0.5) is 11.9 Å². The summed E-state index contributed by atoms with van der Waals surface area (Å²) in [7, 11) is 1.52. The maximum atomic E-state index is 12.9. The molecule has 7 nitrogen and oxygen atoms in total. The first-order valence-corrected chi connectivity index (χ1v) is 10.7. The topological polar surface area (TPSA) is 81.1 Å². The van der Waals surface area contributed by atoms with Crippen molar-refractivity contribution in [1.82, 2.24) is 14.8 Å². The number of hydrogen-bond acceptors (Lipinski definition) is 5. The van der Waals surface area contributed by atoms with Crippen molar-refractivity contribution in [1.29, 1.82) is 0 Å². The predicted octanol–water partition coefficient (Wildman–Crippen LogP) is 5.25. The molecule has 0 fully saturated rings. The Morgan fingerprint density at radius 3 is 2.52 bits per heavy atom. The average molecular weight is 458 g/mol. The highest BCUT2D eigenvalue weighted by Crippen LogP contribution is 2.33. The minimum absolute atomic E-state index is 0.190. The average Bonchev–Trinajstić information content (AvgIpc) is 3.26. The van der Waals surface area contributed by atoms with Crippen LogP contribution in [-0.4, -0.2) is 27.8 Å². The first-order chi connectivity index (χ1) is 16.1. The summed E-state index contributed by atoms with van der Waals surface area (Å²) in [6, 6.07) is 24.3. The smallest absolute Gasteiger partial charge is 0.261 e. The Hall–Kier alpha value is -4.10. The molecule has 1 unspecified atom stereocenters. The van der Waals surface area contributed by atoms with E-state index < -0.39 is 0 Å². The molecule has 1 amide bonds. The summed E-state index contributed by atoms with van der Waals surface area (Å²) in [6.45, 7) is 0. The van der Waals surface area contributed by atoms with Gasteiger partial charge in [0.25, 0.3) is 11.9 Å². The maximum absolute atomic E-state index is 12.9. The number of benzene rings is 3. The minimum Gasteiger partial charge on any atom is -0.496 e. The number of fused-ring (bicyclic) bond motifs is 1. The van der Waals surface area contributed by atoms with E-state index in [0.717, 1.165) is 16.8 Å². The number of nitrogens with zero attached hydrogens (tertiary/aromatic N) is 3. The number of halogens is 1. The number of hydrogen-bond donors (Lipinski definition) is 2. The summed E-state index contributed by atoms with van der Waals surface area (Å²) >= 11 is 6.10. The molecule has 1 aliphatic rings. The number of allylic oxidation sites excluding steroid dienone is 1. The lowest BCUT2D eigenvalue weighted by Crippen LogP contribution is -2.20. The summed E-state index contributed by atoms with van der Waals surface area (Å²) in [6.07, 6.45) is 2.08. The number of carbonyl (C=O) groups is 1. The quantitative estimate of drug-likeness (QED) is 0.428. The molecule has 1 atom stereocenters. The van der Waals surface area contributed by atoms with Crippen LogP contribution in [0.15, 0.2) is 84.9 Å². The number of aromatic nitrogens is 3. The Balaban J connectivity index is 1.51. The summed E-state index contributed by atoms with van der Waals surface area (Å²) in [5, 5.41) is 11.3. The molecule has 3 aromatic carbocycles. The molecule has 1 aromatic heterocycles. The molecule has 4 aromatic rings. The van der Waals surface area contributed by atoms with Gasteiger partial charge in [-0.2, -0.15) is 4.98 Å². The van der Waals surface area contributed by atoms with E-state index in [4.69, 9.17) is 16.3 Å². The van der Waals surface area contributed by atoms with Crippen LogP contribution in [0.1, 0.15) is 27.5 Å². The number of methoxy groups -OCH3 is 1. The van der Waals surface area contributed by atoms with Gasteiger partial charge in [0.2, 0.25) is 5.95 Å². The third kappa shape index (κ3) is 4.18. The Morgan fingerprint density at radius 1 is 1.03 bits per heavy atom. The van der Waals surface area contributed by atoms with Gasteiger partial charge in [-0.25, -0.2) is 4.68 Å². The molecular formula is C25H20ClN5O2. The number of anilines is 2. The normalized spacial score (nSPS) is 14.6. The third-order valence-electron chi connectivity index (χ3n) is 5.34. The van der Waals surface area contributed by atoms with Crippen LogP contribution in [0.3, 0.4) is 0 Å². The van der Waals surface area contributed by atoms with Gasteiger partial charge in [-0.15, -0.1) is 5.10 Å². The van der Waals surface area contributed by atoms with Crippen molar-refractivity contribution in [3.05, 3.63) is 107 Å². The largest absolute Gasteiger partial charge is 0.496 e. The summed E-state index contributed by atoms with van der Waals surface area (Å²) in [4.78, 5) is 17.4. The maximum Gasteiger partial charge on any atom is 0.261 e. The SMILES string of the molecule is COc1ccccc1C(=O)Nc1nc2n(n1)C(c1ccc(Cl)cc1)C=C(c1ccccc1)N2. The Morgan fingerprint density at radius 2 is 1.76 bits per heavy atom. The lowest BCUT2D eigenvalue weighted by molar-refractivity contribution is 0.102.